The molecule has 0 bridgehead atoms. The van der Waals surface area contributed by atoms with Crippen LogP contribution in [0.4, 0.5) is 0 Å². The van der Waals surface area contributed by atoms with Crippen molar-refractivity contribution in [1.29, 1.82) is 0 Å². The fourth-order valence-electron chi connectivity index (χ4n) is 4.16. The van der Waals surface area contributed by atoms with Crippen LogP contribution in [0.15, 0.2) is 42.5 Å². The Bertz CT molecular complexity index is 1330. The maximum Gasteiger partial charge on any atom is 0.303 e. The van der Waals surface area contributed by atoms with Gasteiger partial charge in [0, 0.05) is 48.0 Å². The number of benzene rings is 2. The number of halogens is 1. The summed E-state index contributed by atoms with van der Waals surface area (Å²) >= 11 is 5.37. The van der Waals surface area contributed by atoms with E-state index >= 15 is 0 Å². The number of carboxylic acid groups (broad SMARTS) is 1. The standard InChI is InChI=1S/C30H37NO6S3.ClHO4/c32-30(33)7-3-4-12-31-25-5-1-2-6-28(25)40-29(31)11-9-24-8-10-26-27(23-24)37-18-22-39-20-16-35-14-13-34-15-19-38-21-17-36-26;2-1(3,4)5/h1-2,5-6,8-11,23H,3-4,7,12-22H2;(H,2,3,4,5)/b11-9+;. The van der Waals surface area contributed by atoms with Crippen molar-refractivity contribution < 1.29 is 62.3 Å². The number of nitrogens with zero attached hydrogens (tertiary/aromatic N) is 1. The first-order valence-electron chi connectivity index (χ1n) is 14.3. The second-order valence-corrected chi connectivity index (χ2v) is 13.7. The van der Waals surface area contributed by atoms with Crippen LogP contribution >= 0.6 is 34.9 Å². The van der Waals surface area contributed by atoms with E-state index in [-0.39, 0.29) is 6.42 Å². The van der Waals surface area contributed by atoms with Crippen LogP contribution in [0.3, 0.4) is 0 Å². The molecule has 0 amide bonds. The molecule has 0 saturated heterocycles. The number of aliphatic carboxylic acids is 1. The number of carboxylic acids is 1. The van der Waals surface area contributed by atoms with Gasteiger partial charge in [-0.2, -0.15) is 28.1 Å². The van der Waals surface area contributed by atoms with Gasteiger partial charge in [-0.25, -0.2) is 18.6 Å². The Morgan fingerprint density at radius 3 is 2.11 bits per heavy atom. The zero-order valence-corrected chi connectivity index (χ0v) is 28.0. The van der Waals surface area contributed by atoms with Gasteiger partial charge < -0.3 is 24.1 Å². The third kappa shape index (κ3) is 15.8. The molecule has 45 heavy (non-hydrogen) atoms. The molecule has 0 fully saturated rings. The second-order valence-electron chi connectivity index (χ2n) is 9.47. The molecular weight excluding hydrogens is 666 g/mol. The van der Waals surface area contributed by atoms with E-state index in [1.54, 1.807) is 11.3 Å². The van der Waals surface area contributed by atoms with Gasteiger partial charge in [-0.05, 0) is 36.3 Å². The van der Waals surface area contributed by atoms with E-state index in [0.29, 0.717) is 39.5 Å². The van der Waals surface area contributed by atoms with Crippen molar-refractivity contribution >= 4 is 63.2 Å². The maximum atomic E-state index is 10.9. The first-order valence-corrected chi connectivity index (χ1v) is 18.7. The number of rotatable bonds is 7. The lowest BCUT2D eigenvalue weighted by Crippen LogP contribution is -2.68. The Kier molecular flexibility index (Phi) is 17.3. The normalized spacial score (nSPS) is 16.0. The van der Waals surface area contributed by atoms with E-state index in [9.17, 15) is 4.79 Å². The third-order valence-electron chi connectivity index (χ3n) is 6.13. The summed E-state index contributed by atoms with van der Waals surface area (Å²) in [4.78, 5) is 10.9. The number of thioether (sulfide) groups is 2. The first kappa shape index (κ1) is 37.3. The van der Waals surface area contributed by atoms with Crippen LogP contribution in [0.25, 0.3) is 22.4 Å². The van der Waals surface area contributed by atoms with Gasteiger partial charge in [-0.3, -0.25) is 4.79 Å². The molecule has 1 N–H and O–H groups in total. The van der Waals surface area contributed by atoms with E-state index in [1.165, 1.54) is 10.2 Å². The molecule has 0 radical (unpaired) electrons. The van der Waals surface area contributed by atoms with Crippen molar-refractivity contribution in [3.05, 3.63) is 53.0 Å². The van der Waals surface area contributed by atoms with Crippen LogP contribution in [-0.2, 0) is 20.8 Å². The minimum absolute atomic E-state index is 0.199. The molecule has 0 unspecified atom stereocenters. The summed E-state index contributed by atoms with van der Waals surface area (Å²) in [5, 5.41) is 10.1. The van der Waals surface area contributed by atoms with Gasteiger partial charge >= 0.3 is 5.97 Å². The Hall–Kier alpha value is -2.11. The number of aryl methyl sites for hydroxylation is 1. The average molecular weight is 704 g/mol. The van der Waals surface area contributed by atoms with E-state index in [1.807, 2.05) is 41.7 Å². The number of hydrogen-bond donors (Lipinski definition) is 1. The number of fused-ring (bicyclic) bond motifs is 2. The predicted molar refractivity (Wildman–Crippen MR) is 166 cm³/mol. The Labute approximate surface area is 277 Å². The fourth-order valence-corrected chi connectivity index (χ4v) is 6.54. The summed E-state index contributed by atoms with van der Waals surface area (Å²) in [5.74, 6) is 4.39. The van der Waals surface area contributed by atoms with Gasteiger partial charge in [0.1, 0.15) is 4.70 Å². The van der Waals surface area contributed by atoms with E-state index in [4.69, 9.17) is 42.7 Å². The molecule has 1 aliphatic rings. The summed E-state index contributed by atoms with van der Waals surface area (Å²) < 4.78 is 61.0. The predicted octanol–water partition coefficient (Wildman–Crippen LogP) is 1.13. The number of unbranched alkanes of at least 4 members (excludes halogenated alkanes) is 1. The molecule has 11 nitrogen and oxygen atoms in total. The molecule has 0 atom stereocenters. The number of hydrogen-bond acceptors (Lipinski definition) is 12. The molecule has 0 saturated carbocycles. The Morgan fingerprint density at radius 2 is 1.44 bits per heavy atom. The maximum absolute atomic E-state index is 10.9. The summed E-state index contributed by atoms with van der Waals surface area (Å²) in [7, 11) is -4.94. The zero-order valence-electron chi connectivity index (χ0n) is 24.8. The average Bonchev–Trinajstić information content (AvgIpc) is 3.34. The van der Waals surface area contributed by atoms with Crippen molar-refractivity contribution in [1.82, 2.24) is 0 Å². The zero-order chi connectivity index (χ0) is 32.3. The summed E-state index contributed by atoms with van der Waals surface area (Å²) in [6.45, 7) is 4.71. The number of carbonyl (C=O) groups is 1. The lowest BCUT2D eigenvalue weighted by atomic mass is 10.2. The van der Waals surface area contributed by atoms with Gasteiger partial charge in [-0.1, -0.05) is 29.5 Å². The first-order chi connectivity index (χ1) is 21.7. The molecule has 2 heterocycles. The smallest absolute Gasteiger partial charge is 0.303 e. The number of thiazole rings is 1. The van der Waals surface area contributed by atoms with Crippen LogP contribution in [0.1, 0.15) is 29.8 Å². The summed E-state index contributed by atoms with van der Waals surface area (Å²) in [6.07, 6.45) is 5.92. The molecule has 2 aromatic carbocycles. The van der Waals surface area contributed by atoms with Crippen molar-refractivity contribution in [2.75, 3.05) is 62.7 Å². The molecule has 3 aromatic rings. The van der Waals surface area contributed by atoms with Crippen LogP contribution in [0.5, 0.6) is 11.5 Å². The monoisotopic (exact) mass is 703 g/mol. The highest BCUT2D eigenvalue weighted by molar-refractivity contribution is 7.99. The molecule has 0 spiro atoms. The molecule has 248 valence electrons. The largest absolute Gasteiger partial charge is 0.489 e. The molecule has 4 rings (SSSR count). The fraction of sp³-hybridized carbons (Fsp3) is 0.467. The SMILES string of the molecule is O=C(O)CCCC[n+]1c(/C=C/c2ccc3c(c2)OCCSCCOCCOCCSCCO3)sc2ccccc21.[O-][Cl+3]([O-])([O-])[O-]. The topological polar surface area (TPSA) is 170 Å². The Balaban J connectivity index is 0.00000102. The highest BCUT2D eigenvalue weighted by Crippen LogP contribution is 2.30. The lowest BCUT2D eigenvalue weighted by molar-refractivity contribution is -2.00. The minimum atomic E-state index is -4.94. The highest BCUT2D eigenvalue weighted by atomic mass is 35.7. The van der Waals surface area contributed by atoms with E-state index in [0.717, 1.165) is 64.7 Å². The molecule has 0 aliphatic carbocycles. The van der Waals surface area contributed by atoms with Crippen molar-refractivity contribution in [2.45, 2.75) is 25.8 Å². The summed E-state index contributed by atoms with van der Waals surface area (Å²) in [5.41, 5.74) is 2.21. The van der Waals surface area contributed by atoms with Crippen molar-refractivity contribution in [2.24, 2.45) is 0 Å². The van der Waals surface area contributed by atoms with Gasteiger partial charge in [0.2, 0.25) is 5.52 Å². The minimum Gasteiger partial charge on any atom is -0.489 e. The van der Waals surface area contributed by atoms with E-state index < -0.39 is 16.2 Å². The van der Waals surface area contributed by atoms with Gasteiger partial charge in [0.05, 0.1) is 39.6 Å². The van der Waals surface area contributed by atoms with Crippen LogP contribution in [0.2, 0.25) is 0 Å². The van der Waals surface area contributed by atoms with Crippen LogP contribution in [-0.4, -0.2) is 73.7 Å². The van der Waals surface area contributed by atoms with Crippen molar-refractivity contribution in [3.63, 3.8) is 0 Å². The van der Waals surface area contributed by atoms with Gasteiger partial charge in [-0.15, -0.1) is 10.2 Å². The van der Waals surface area contributed by atoms with Crippen LogP contribution < -0.4 is 32.7 Å². The number of ether oxygens (including phenoxy) is 4. The lowest BCUT2D eigenvalue weighted by Gasteiger charge is -2.17. The molecular formula is C30H38ClNO10S3. The number of aromatic nitrogens is 1. The van der Waals surface area contributed by atoms with Crippen molar-refractivity contribution in [3.8, 4) is 11.5 Å². The summed E-state index contributed by atoms with van der Waals surface area (Å²) in [6, 6.07) is 14.4. The number of para-hydroxylation sites is 1. The molecule has 15 heteroatoms. The van der Waals surface area contributed by atoms with Crippen LogP contribution in [0, 0.1) is 10.2 Å². The highest BCUT2D eigenvalue weighted by Gasteiger charge is 2.18. The molecule has 1 aliphatic heterocycles. The molecule has 1 aromatic heterocycles. The second kappa shape index (κ2) is 20.9. The Morgan fingerprint density at radius 1 is 0.822 bits per heavy atom. The van der Waals surface area contributed by atoms with E-state index in [2.05, 4.69) is 41.0 Å². The van der Waals surface area contributed by atoms with Gasteiger partial charge in [0.15, 0.2) is 18.0 Å². The third-order valence-corrected chi connectivity index (χ3v) is 9.08. The quantitative estimate of drug-likeness (QED) is 0.275. The van der Waals surface area contributed by atoms with Gasteiger partial charge in [0.25, 0.3) is 5.01 Å².